The number of allylic oxidation sites excluding steroid dienone is 2. The average Bonchev–Trinajstić information content (AvgIpc) is 3.58. The van der Waals surface area contributed by atoms with Gasteiger partial charge in [0.1, 0.15) is 5.84 Å². The molecule has 1 aromatic heterocycles. The summed E-state index contributed by atoms with van der Waals surface area (Å²) in [5.41, 5.74) is 12.4. The first-order valence-corrected chi connectivity index (χ1v) is 18.0. The number of hydrogen-bond acceptors (Lipinski definition) is 2. The van der Waals surface area contributed by atoms with E-state index < -0.39 is 0 Å². The maximum atomic E-state index is 5.13. The van der Waals surface area contributed by atoms with Gasteiger partial charge in [-0.1, -0.05) is 165 Å². The summed E-state index contributed by atoms with van der Waals surface area (Å²) in [5.74, 6) is 0.820. The summed E-state index contributed by atoms with van der Waals surface area (Å²) in [7, 11) is 0. The summed E-state index contributed by atoms with van der Waals surface area (Å²) in [6, 6.07) is 58.1. The minimum absolute atomic E-state index is 0.198. The highest BCUT2D eigenvalue weighted by Gasteiger charge is 2.18. The Labute approximate surface area is 309 Å². The zero-order valence-electron chi connectivity index (χ0n) is 29.3. The van der Waals surface area contributed by atoms with Crippen molar-refractivity contribution in [2.75, 3.05) is 0 Å². The van der Waals surface area contributed by atoms with Gasteiger partial charge in [0, 0.05) is 28.2 Å². The van der Waals surface area contributed by atoms with Gasteiger partial charge in [-0.15, -0.1) is 0 Å². The van der Waals surface area contributed by atoms with Crippen LogP contribution in [0.25, 0.3) is 66.1 Å². The first kappa shape index (κ1) is 32.0. The second-order valence-corrected chi connectivity index (χ2v) is 13.3. The molecule has 0 spiro atoms. The molecule has 1 unspecified atom stereocenters. The lowest BCUT2D eigenvalue weighted by atomic mass is 9.93. The van der Waals surface area contributed by atoms with Crippen molar-refractivity contribution >= 4 is 44.0 Å². The zero-order chi connectivity index (χ0) is 35.7. The van der Waals surface area contributed by atoms with Crippen LogP contribution in [-0.4, -0.2) is 16.4 Å². The zero-order valence-corrected chi connectivity index (χ0v) is 29.3. The lowest BCUT2D eigenvalue weighted by Gasteiger charge is -2.20. The summed E-state index contributed by atoms with van der Waals surface area (Å²) in [4.78, 5) is 5.13. The van der Waals surface area contributed by atoms with Gasteiger partial charge in [-0.3, -0.25) is 4.99 Å². The smallest absolute Gasteiger partial charge is 0.133 e. The highest BCUT2D eigenvalue weighted by atomic mass is 15.0. The Morgan fingerprint density at radius 1 is 0.547 bits per heavy atom. The summed E-state index contributed by atoms with van der Waals surface area (Å²) in [6.07, 6.45) is 7.85. The van der Waals surface area contributed by atoms with Gasteiger partial charge in [0.05, 0.1) is 17.1 Å². The van der Waals surface area contributed by atoms with Crippen LogP contribution in [0, 0.1) is 0 Å². The number of para-hydroxylation sites is 1. The van der Waals surface area contributed by atoms with E-state index in [1.165, 1.54) is 43.7 Å². The first-order chi connectivity index (χ1) is 26.2. The van der Waals surface area contributed by atoms with E-state index in [-0.39, 0.29) is 6.04 Å². The Morgan fingerprint density at radius 2 is 1.15 bits per heavy atom. The fourth-order valence-electron chi connectivity index (χ4n) is 7.67. The van der Waals surface area contributed by atoms with Crippen LogP contribution in [0.2, 0.25) is 0 Å². The number of aliphatic imine (C=N–C) groups is 1. The number of aromatic nitrogens is 1. The van der Waals surface area contributed by atoms with E-state index in [0.717, 1.165) is 44.9 Å². The minimum atomic E-state index is -0.198. The topological polar surface area (TPSA) is 29.3 Å². The second kappa shape index (κ2) is 13.6. The average molecular weight is 680 g/mol. The van der Waals surface area contributed by atoms with Crippen LogP contribution in [0.3, 0.4) is 0 Å². The summed E-state index contributed by atoms with van der Waals surface area (Å²) in [6.45, 7) is 8.33. The molecule has 2 heterocycles. The van der Waals surface area contributed by atoms with E-state index in [9.17, 15) is 0 Å². The number of amidine groups is 1. The molecule has 0 saturated carbocycles. The Morgan fingerprint density at radius 3 is 1.87 bits per heavy atom. The van der Waals surface area contributed by atoms with E-state index in [1.807, 2.05) is 24.4 Å². The van der Waals surface area contributed by atoms with Crippen molar-refractivity contribution in [1.82, 2.24) is 9.88 Å². The van der Waals surface area contributed by atoms with Gasteiger partial charge < -0.3 is 9.88 Å². The number of hydrogen-bond donors (Lipinski definition) is 1. The molecule has 1 atom stereocenters. The van der Waals surface area contributed by atoms with Crippen LogP contribution in [0.15, 0.2) is 212 Å². The lowest BCUT2D eigenvalue weighted by molar-refractivity contribution is 0.932. The third kappa shape index (κ3) is 5.79. The molecule has 53 heavy (non-hydrogen) atoms. The van der Waals surface area contributed by atoms with Crippen molar-refractivity contribution in [3.8, 4) is 27.9 Å². The van der Waals surface area contributed by atoms with Crippen LogP contribution in [0.5, 0.6) is 0 Å². The Bertz CT molecular complexity index is 2740. The van der Waals surface area contributed by atoms with Gasteiger partial charge in [0.15, 0.2) is 0 Å². The molecule has 1 aliphatic heterocycles. The molecule has 3 heteroatoms. The summed E-state index contributed by atoms with van der Waals surface area (Å²) >= 11 is 0. The van der Waals surface area contributed by atoms with Gasteiger partial charge in [0.25, 0.3) is 0 Å². The van der Waals surface area contributed by atoms with Crippen LogP contribution >= 0.6 is 0 Å². The summed E-state index contributed by atoms with van der Waals surface area (Å²) in [5, 5.41) is 8.47. The fraction of sp³-hybridized carbons (Fsp3) is 0.0200. The maximum Gasteiger partial charge on any atom is 0.133 e. The molecular weight excluding hydrogens is 643 g/mol. The lowest BCUT2D eigenvalue weighted by Crippen LogP contribution is -2.26. The molecular formula is C50H37N3. The number of benzene rings is 7. The van der Waals surface area contributed by atoms with E-state index in [2.05, 4.69) is 187 Å². The SMILES string of the molecule is C=C/C(=C(\C=C)C1C=CNC(c2ccc(-c3ccc(-n4c5ccccc5c5c6ccccc6ccc54)cc3)cc2)=N1)c1ccc(-c2ccccc2)cc1. The molecule has 8 aromatic rings. The largest absolute Gasteiger partial charge is 0.347 e. The van der Waals surface area contributed by atoms with Crippen molar-refractivity contribution in [3.05, 3.63) is 218 Å². The van der Waals surface area contributed by atoms with Gasteiger partial charge in [-0.05, 0) is 80.1 Å². The molecule has 9 rings (SSSR count). The minimum Gasteiger partial charge on any atom is -0.347 e. The molecule has 7 aromatic carbocycles. The summed E-state index contributed by atoms with van der Waals surface area (Å²) < 4.78 is 2.38. The van der Waals surface area contributed by atoms with E-state index in [4.69, 9.17) is 4.99 Å². The molecule has 3 nitrogen and oxygen atoms in total. The van der Waals surface area contributed by atoms with Gasteiger partial charge in [-0.25, -0.2) is 0 Å². The van der Waals surface area contributed by atoms with Gasteiger partial charge >= 0.3 is 0 Å². The monoisotopic (exact) mass is 679 g/mol. The van der Waals surface area contributed by atoms with Crippen LogP contribution < -0.4 is 5.32 Å². The molecule has 1 N–H and O–H groups in total. The van der Waals surface area contributed by atoms with Crippen LogP contribution in [0.4, 0.5) is 0 Å². The molecule has 0 aliphatic carbocycles. The number of rotatable bonds is 8. The molecule has 0 bridgehead atoms. The Hall–Kier alpha value is -6.97. The molecule has 1 aliphatic rings. The predicted octanol–water partition coefficient (Wildman–Crippen LogP) is 12.3. The third-order valence-electron chi connectivity index (χ3n) is 10.3. The van der Waals surface area contributed by atoms with Crippen molar-refractivity contribution < 1.29 is 0 Å². The molecule has 0 amide bonds. The quantitative estimate of drug-likeness (QED) is 0.159. The Kier molecular flexibility index (Phi) is 8.22. The van der Waals surface area contributed by atoms with E-state index in [1.54, 1.807) is 0 Å². The van der Waals surface area contributed by atoms with Gasteiger partial charge in [-0.2, -0.15) is 0 Å². The van der Waals surface area contributed by atoms with E-state index in [0.29, 0.717) is 0 Å². The molecule has 252 valence electrons. The fourth-order valence-corrected chi connectivity index (χ4v) is 7.67. The van der Waals surface area contributed by atoms with Gasteiger partial charge in [0.2, 0.25) is 0 Å². The molecule has 0 saturated heterocycles. The highest BCUT2D eigenvalue weighted by molar-refractivity contribution is 6.21. The second-order valence-electron chi connectivity index (χ2n) is 13.3. The molecule has 0 fully saturated rings. The number of nitrogens with one attached hydrogen (secondary N) is 1. The highest BCUT2D eigenvalue weighted by Crippen LogP contribution is 2.37. The third-order valence-corrected chi connectivity index (χ3v) is 10.3. The van der Waals surface area contributed by atoms with Crippen LogP contribution in [-0.2, 0) is 0 Å². The first-order valence-electron chi connectivity index (χ1n) is 18.0. The standard InChI is InChI=1S/C50H37N3/c1-3-42(39-22-18-35(19-23-39)34-12-6-5-7-13-34)43(4-2)46-32-33-51-50(52-46)40-24-20-36(21-25-40)37-26-29-41(30-27-37)53-47-17-11-10-16-45(47)49-44-15-9-8-14-38(44)28-31-48(49)53/h3-33,46H,1-2H2,(H,51,52)/b43-42-. The van der Waals surface area contributed by atoms with Crippen LogP contribution in [0.1, 0.15) is 11.1 Å². The molecule has 0 radical (unpaired) electrons. The number of fused-ring (bicyclic) bond motifs is 5. The van der Waals surface area contributed by atoms with Crippen molar-refractivity contribution in [2.24, 2.45) is 4.99 Å². The maximum absolute atomic E-state index is 5.13. The Balaban J connectivity index is 0.989. The van der Waals surface area contributed by atoms with Crippen molar-refractivity contribution in [3.63, 3.8) is 0 Å². The predicted molar refractivity (Wildman–Crippen MR) is 226 cm³/mol. The number of nitrogens with zero attached hydrogens (tertiary/aromatic N) is 2. The van der Waals surface area contributed by atoms with E-state index >= 15 is 0 Å². The van der Waals surface area contributed by atoms with Crippen molar-refractivity contribution in [2.45, 2.75) is 6.04 Å². The van der Waals surface area contributed by atoms with Crippen molar-refractivity contribution in [1.29, 1.82) is 0 Å². The normalized spacial score (nSPS) is 14.5.